The van der Waals surface area contributed by atoms with Crippen LogP contribution in [0, 0.1) is 6.92 Å². The maximum absolute atomic E-state index is 12.6. The van der Waals surface area contributed by atoms with E-state index in [0.29, 0.717) is 17.9 Å². The van der Waals surface area contributed by atoms with Crippen molar-refractivity contribution < 1.29 is 13.2 Å². The fourth-order valence-corrected chi connectivity index (χ4v) is 3.68. The normalized spacial score (nSPS) is 12.7. The van der Waals surface area contributed by atoms with Crippen LogP contribution in [-0.4, -0.2) is 32.6 Å². The lowest BCUT2D eigenvalue weighted by Crippen LogP contribution is -2.27. The van der Waals surface area contributed by atoms with Gasteiger partial charge in [0.25, 0.3) is 14.6 Å². The van der Waals surface area contributed by atoms with Gasteiger partial charge in [-0.3, -0.25) is 9.36 Å². The van der Waals surface area contributed by atoms with Crippen LogP contribution in [0.15, 0.2) is 27.9 Å². The van der Waals surface area contributed by atoms with E-state index in [0.717, 1.165) is 6.04 Å². The number of hydrogen-bond donors (Lipinski definition) is 0. The molecule has 0 atom stereocenters. The molecule has 0 radical (unpaired) electrons. The Morgan fingerprint density at radius 3 is 2.54 bits per heavy atom. The molecule has 0 fully saturated rings. The van der Waals surface area contributed by atoms with Crippen molar-refractivity contribution in [1.29, 1.82) is 0 Å². The van der Waals surface area contributed by atoms with E-state index in [-0.39, 0.29) is 22.6 Å². The molecule has 0 saturated carbocycles. The van der Waals surface area contributed by atoms with Crippen molar-refractivity contribution in [3.8, 4) is 0 Å². The maximum atomic E-state index is 12.6. The minimum Gasteiger partial charge on any atom is -0.361 e. The summed E-state index contributed by atoms with van der Waals surface area (Å²) in [6, 6.07) is 5.07. The summed E-state index contributed by atoms with van der Waals surface area (Å²) in [6.45, 7) is 9.14. The first-order chi connectivity index (χ1) is 11.0. The number of ether oxygens (including phenoxy) is 1. The van der Waals surface area contributed by atoms with Gasteiger partial charge in [0.1, 0.15) is 12.6 Å². The van der Waals surface area contributed by atoms with Gasteiger partial charge in [0.2, 0.25) is 0 Å². The van der Waals surface area contributed by atoms with Gasteiger partial charge in [-0.25, -0.2) is 13.4 Å². The van der Waals surface area contributed by atoms with E-state index in [2.05, 4.69) is 24.6 Å². The van der Waals surface area contributed by atoms with Gasteiger partial charge in [0.05, 0.1) is 15.8 Å². The Hall–Kier alpha value is -1.22. The first kappa shape index (κ1) is 19.1. The number of rotatable bonds is 6. The SMILES string of the molecule is Cc1nc2ccc(S(=O)(=O)Cl)cc2c(=O)n1COCC[Si](C)(C)C. The Labute approximate surface area is 146 Å². The van der Waals surface area contributed by atoms with Crippen LogP contribution in [0.4, 0.5) is 0 Å². The van der Waals surface area contributed by atoms with E-state index in [1.54, 1.807) is 6.92 Å². The topological polar surface area (TPSA) is 78.3 Å². The Balaban J connectivity index is 2.35. The second-order valence-corrected chi connectivity index (χ2v) is 15.0. The molecule has 0 aliphatic heterocycles. The highest BCUT2D eigenvalue weighted by Gasteiger charge is 2.15. The monoisotopic (exact) mass is 388 g/mol. The minimum absolute atomic E-state index is 0.0932. The second-order valence-electron chi connectivity index (χ2n) is 6.86. The van der Waals surface area contributed by atoms with Crippen molar-refractivity contribution in [2.75, 3.05) is 6.61 Å². The molecule has 24 heavy (non-hydrogen) atoms. The summed E-state index contributed by atoms with van der Waals surface area (Å²) in [5.74, 6) is 0.516. The van der Waals surface area contributed by atoms with E-state index < -0.39 is 17.1 Å². The highest BCUT2D eigenvalue weighted by molar-refractivity contribution is 8.13. The van der Waals surface area contributed by atoms with Crippen molar-refractivity contribution in [2.24, 2.45) is 0 Å². The molecule has 0 saturated heterocycles. The fraction of sp³-hybridized carbons (Fsp3) is 0.467. The number of halogens is 1. The highest BCUT2D eigenvalue weighted by Crippen LogP contribution is 2.19. The van der Waals surface area contributed by atoms with Gasteiger partial charge < -0.3 is 4.74 Å². The lowest BCUT2D eigenvalue weighted by molar-refractivity contribution is 0.0829. The molecule has 132 valence electrons. The number of aromatic nitrogens is 2. The van der Waals surface area contributed by atoms with E-state index in [9.17, 15) is 13.2 Å². The van der Waals surface area contributed by atoms with Crippen molar-refractivity contribution >= 4 is 38.7 Å². The highest BCUT2D eigenvalue weighted by atomic mass is 35.7. The summed E-state index contributed by atoms with van der Waals surface area (Å²) in [5.41, 5.74) is 0.0904. The zero-order chi connectivity index (χ0) is 18.1. The second kappa shape index (κ2) is 6.95. The minimum atomic E-state index is -3.90. The van der Waals surface area contributed by atoms with E-state index in [4.69, 9.17) is 15.4 Å². The third kappa shape index (κ3) is 4.66. The number of hydrogen-bond acceptors (Lipinski definition) is 5. The quantitative estimate of drug-likeness (QED) is 0.432. The molecule has 6 nitrogen and oxygen atoms in total. The molecule has 9 heteroatoms. The van der Waals surface area contributed by atoms with Crippen LogP contribution in [0.1, 0.15) is 5.82 Å². The molecule has 0 aliphatic rings. The van der Waals surface area contributed by atoms with Crippen LogP contribution in [-0.2, 0) is 20.5 Å². The standard InChI is InChI=1S/C15H21ClN2O4SSi/c1-11-17-14-6-5-12(23(16,20)21)9-13(14)15(19)18(11)10-22-7-8-24(2,3)4/h5-6,9H,7-8,10H2,1-4H3. The molecular weight excluding hydrogens is 368 g/mol. The summed E-state index contributed by atoms with van der Waals surface area (Å²) >= 11 is 0. The molecule has 1 aromatic carbocycles. The predicted octanol–water partition coefficient (Wildman–Crippen LogP) is 2.94. The molecule has 1 aromatic heterocycles. The smallest absolute Gasteiger partial charge is 0.263 e. The first-order valence-electron chi connectivity index (χ1n) is 7.53. The van der Waals surface area contributed by atoms with Crippen LogP contribution in [0.3, 0.4) is 0 Å². The molecule has 0 amide bonds. The molecule has 2 aromatic rings. The van der Waals surface area contributed by atoms with Gasteiger partial charge in [0, 0.05) is 25.4 Å². The zero-order valence-electron chi connectivity index (χ0n) is 14.2. The molecule has 0 unspecified atom stereocenters. The van der Waals surface area contributed by atoms with Gasteiger partial charge in [0.15, 0.2) is 0 Å². The maximum Gasteiger partial charge on any atom is 0.263 e. The van der Waals surface area contributed by atoms with E-state index in [1.165, 1.54) is 22.8 Å². The number of aryl methyl sites for hydroxylation is 1. The van der Waals surface area contributed by atoms with Crippen LogP contribution < -0.4 is 5.56 Å². The predicted molar refractivity (Wildman–Crippen MR) is 97.9 cm³/mol. The average Bonchev–Trinajstić information content (AvgIpc) is 2.43. The largest absolute Gasteiger partial charge is 0.361 e. The summed E-state index contributed by atoms with van der Waals surface area (Å²) < 4.78 is 29.9. The van der Waals surface area contributed by atoms with Crippen LogP contribution >= 0.6 is 10.7 Å². The number of fused-ring (bicyclic) bond motifs is 1. The van der Waals surface area contributed by atoms with E-state index in [1.807, 2.05) is 0 Å². The van der Waals surface area contributed by atoms with Crippen LogP contribution in [0.2, 0.25) is 25.7 Å². The van der Waals surface area contributed by atoms with Crippen molar-refractivity contribution in [3.05, 3.63) is 34.4 Å². The molecule has 0 aliphatic carbocycles. The van der Waals surface area contributed by atoms with Crippen LogP contribution in [0.25, 0.3) is 10.9 Å². The average molecular weight is 389 g/mol. The Bertz CT molecular complexity index is 919. The Morgan fingerprint density at radius 2 is 1.96 bits per heavy atom. The summed E-state index contributed by atoms with van der Waals surface area (Å²) in [7, 11) is 0.244. The molecule has 1 heterocycles. The molecular formula is C15H21ClN2O4SSi. The third-order valence-corrected chi connectivity index (χ3v) is 6.67. The summed E-state index contributed by atoms with van der Waals surface area (Å²) in [5, 5.41) is 0.205. The molecule has 0 spiro atoms. The lowest BCUT2D eigenvalue weighted by atomic mass is 10.2. The zero-order valence-corrected chi connectivity index (χ0v) is 16.7. The summed E-state index contributed by atoms with van der Waals surface area (Å²) in [4.78, 5) is 16.9. The van der Waals surface area contributed by atoms with Gasteiger partial charge in [-0.2, -0.15) is 0 Å². The first-order valence-corrected chi connectivity index (χ1v) is 13.5. The fourth-order valence-electron chi connectivity index (χ4n) is 2.15. The van der Waals surface area contributed by atoms with E-state index >= 15 is 0 Å². The van der Waals surface area contributed by atoms with Crippen molar-refractivity contribution in [1.82, 2.24) is 9.55 Å². The lowest BCUT2D eigenvalue weighted by Gasteiger charge is -2.16. The summed E-state index contributed by atoms with van der Waals surface area (Å²) in [6.07, 6.45) is 0. The Kier molecular flexibility index (Phi) is 5.53. The number of nitrogens with zero attached hydrogens (tertiary/aromatic N) is 2. The van der Waals surface area contributed by atoms with Gasteiger partial charge in [-0.05, 0) is 31.2 Å². The molecule has 2 rings (SSSR count). The molecule has 0 bridgehead atoms. The van der Waals surface area contributed by atoms with Gasteiger partial charge in [-0.15, -0.1) is 0 Å². The van der Waals surface area contributed by atoms with Gasteiger partial charge >= 0.3 is 0 Å². The third-order valence-electron chi connectivity index (χ3n) is 3.61. The molecule has 0 N–H and O–H groups in total. The van der Waals surface area contributed by atoms with Crippen LogP contribution in [0.5, 0.6) is 0 Å². The number of benzene rings is 1. The van der Waals surface area contributed by atoms with Crippen molar-refractivity contribution in [2.45, 2.75) is 44.2 Å². The van der Waals surface area contributed by atoms with Gasteiger partial charge in [-0.1, -0.05) is 19.6 Å². The van der Waals surface area contributed by atoms with Crippen molar-refractivity contribution in [3.63, 3.8) is 0 Å². The Morgan fingerprint density at radius 1 is 1.29 bits per heavy atom.